The minimum atomic E-state index is -0.106. The van der Waals surface area contributed by atoms with Crippen LogP contribution in [-0.4, -0.2) is 46.4 Å². The molecule has 3 N–H and O–H groups in total. The molecule has 0 unspecified atom stereocenters. The van der Waals surface area contributed by atoms with Crippen molar-refractivity contribution in [1.29, 1.82) is 0 Å². The Balaban J connectivity index is 2.61. The highest BCUT2D eigenvalue weighted by Crippen LogP contribution is 2.06. The van der Waals surface area contributed by atoms with E-state index in [-0.39, 0.29) is 29.6 Å². The first kappa shape index (κ1) is 11.4. The third-order valence-corrected chi connectivity index (χ3v) is 1.69. The summed E-state index contributed by atoms with van der Waals surface area (Å²) in [6.45, 7) is 0.0762. The first-order valence-electron chi connectivity index (χ1n) is 4.10. The normalized spacial score (nSPS) is 9.80. The SMILES string of the molecule is CN(C)C(=O)CNc1nc(N)nc(Cl)n1. The Labute approximate surface area is 91.7 Å². The monoisotopic (exact) mass is 230 g/mol. The van der Waals surface area contributed by atoms with Crippen molar-refractivity contribution < 1.29 is 4.79 Å². The van der Waals surface area contributed by atoms with Gasteiger partial charge in [-0.25, -0.2) is 0 Å². The van der Waals surface area contributed by atoms with E-state index < -0.39 is 0 Å². The average molecular weight is 231 g/mol. The molecular weight excluding hydrogens is 220 g/mol. The molecule has 8 heteroatoms. The van der Waals surface area contributed by atoms with Gasteiger partial charge in [-0.15, -0.1) is 0 Å². The highest BCUT2D eigenvalue weighted by Gasteiger charge is 2.06. The first-order valence-corrected chi connectivity index (χ1v) is 4.48. The van der Waals surface area contributed by atoms with Crippen molar-refractivity contribution in [2.75, 3.05) is 31.7 Å². The van der Waals surface area contributed by atoms with Crippen molar-refractivity contribution in [1.82, 2.24) is 19.9 Å². The van der Waals surface area contributed by atoms with Crippen LogP contribution in [0.3, 0.4) is 0 Å². The van der Waals surface area contributed by atoms with Crippen LogP contribution < -0.4 is 11.1 Å². The predicted octanol–water partition coefficient (Wildman–Crippen LogP) is -0.393. The lowest BCUT2D eigenvalue weighted by atomic mass is 10.5. The van der Waals surface area contributed by atoms with E-state index in [1.807, 2.05) is 0 Å². The predicted molar refractivity (Wildman–Crippen MR) is 56.4 cm³/mol. The second kappa shape index (κ2) is 4.74. The summed E-state index contributed by atoms with van der Waals surface area (Å²) in [7, 11) is 3.30. The van der Waals surface area contributed by atoms with E-state index in [4.69, 9.17) is 17.3 Å². The number of carbonyl (C=O) groups excluding carboxylic acids is 1. The van der Waals surface area contributed by atoms with Crippen LogP contribution in [0.15, 0.2) is 0 Å². The minimum Gasteiger partial charge on any atom is -0.368 e. The van der Waals surface area contributed by atoms with Crippen molar-refractivity contribution >= 4 is 29.4 Å². The number of hydrogen-bond donors (Lipinski definition) is 2. The summed E-state index contributed by atoms with van der Waals surface area (Å²) in [6, 6.07) is 0. The summed E-state index contributed by atoms with van der Waals surface area (Å²) >= 11 is 5.55. The number of rotatable bonds is 3. The molecule has 0 aromatic carbocycles. The Bertz CT molecular complexity index is 348. The standard InChI is InChI=1S/C7H11ClN6O/c1-14(2)4(15)3-10-7-12-5(8)11-6(9)13-7/h3H2,1-2H3,(H3,9,10,11,12,13). The first-order chi connectivity index (χ1) is 6.99. The quantitative estimate of drug-likeness (QED) is 0.734. The second-order valence-corrected chi connectivity index (χ2v) is 3.27. The number of aromatic nitrogens is 3. The highest BCUT2D eigenvalue weighted by molar-refractivity contribution is 6.28. The molecule has 0 saturated carbocycles. The zero-order chi connectivity index (χ0) is 11.4. The van der Waals surface area contributed by atoms with Gasteiger partial charge in [-0.3, -0.25) is 4.79 Å². The number of nitrogens with zero attached hydrogens (tertiary/aromatic N) is 4. The molecule has 0 spiro atoms. The Morgan fingerprint density at radius 2 is 2.13 bits per heavy atom. The Morgan fingerprint density at radius 3 is 2.67 bits per heavy atom. The lowest BCUT2D eigenvalue weighted by molar-refractivity contribution is -0.126. The van der Waals surface area contributed by atoms with Gasteiger partial charge in [0.05, 0.1) is 6.54 Å². The number of amides is 1. The third kappa shape index (κ3) is 3.55. The number of likely N-dealkylation sites (N-methyl/N-ethyl adjacent to an activating group) is 1. The maximum atomic E-state index is 11.2. The van der Waals surface area contributed by atoms with Crippen LogP contribution >= 0.6 is 11.6 Å². The van der Waals surface area contributed by atoms with Gasteiger partial charge in [-0.1, -0.05) is 0 Å². The maximum absolute atomic E-state index is 11.2. The summed E-state index contributed by atoms with van der Waals surface area (Å²) in [5, 5.41) is 2.68. The van der Waals surface area contributed by atoms with E-state index in [1.54, 1.807) is 14.1 Å². The van der Waals surface area contributed by atoms with E-state index in [2.05, 4.69) is 20.3 Å². The summed E-state index contributed by atoms with van der Waals surface area (Å²) in [5.41, 5.74) is 5.34. The van der Waals surface area contributed by atoms with E-state index >= 15 is 0 Å². The summed E-state index contributed by atoms with van der Waals surface area (Å²) in [4.78, 5) is 23.7. The molecule has 1 aromatic rings. The fraction of sp³-hybridized carbons (Fsp3) is 0.429. The van der Waals surface area contributed by atoms with Gasteiger partial charge < -0.3 is 16.0 Å². The lowest BCUT2D eigenvalue weighted by Crippen LogP contribution is -2.29. The zero-order valence-corrected chi connectivity index (χ0v) is 9.12. The molecule has 0 fully saturated rings. The van der Waals surface area contributed by atoms with Gasteiger partial charge in [0, 0.05) is 14.1 Å². The smallest absolute Gasteiger partial charge is 0.241 e. The Morgan fingerprint density at radius 1 is 1.47 bits per heavy atom. The average Bonchev–Trinajstić information content (AvgIpc) is 2.12. The molecule has 15 heavy (non-hydrogen) atoms. The van der Waals surface area contributed by atoms with Crippen molar-refractivity contribution in [3.63, 3.8) is 0 Å². The van der Waals surface area contributed by atoms with Gasteiger partial charge >= 0.3 is 0 Å². The Hall–Kier alpha value is -1.63. The lowest BCUT2D eigenvalue weighted by Gasteiger charge is -2.10. The van der Waals surface area contributed by atoms with Gasteiger partial charge in [0.25, 0.3) is 0 Å². The van der Waals surface area contributed by atoms with Crippen molar-refractivity contribution in [2.45, 2.75) is 0 Å². The van der Waals surface area contributed by atoms with Crippen molar-refractivity contribution in [3.05, 3.63) is 5.28 Å². The van der Waals surface area contributed by atoms with Crippen molar-refractivity contribution in [2.24, 2.45) is 0 Å². The summed E-state index contributed by atoms with van der Waals surface area (Å²) in [5.74, 6) is 0.0857. The van der Waals surface area contributed by atoms with Crippen LogP contribution in [0.4, 0.5) is 11.9 Å². The molecule has 0 aliphatic rings. The molecule has 0 aliphatic heterocycles. The molecule has 7 nitrogen and oxygen atoms in total. The number of halogens is 1. The Kier molecular flexibility index (Phi) is 3.62. The van der Waals surface area contributed by atoms with Gasteiger partial charge in [0.2, 0.25) is 23.1 Å². The van der Waals surface area contributed by atoms with Gasteiger partial charge in [-0.2, -0.15) is 15.0 Å². The maximum Gasteiger partial charge on any atom is 0.241 e. The fourth-order valence-electron chi connectivity index (χ4n) is 0.757. The van der Waals surface area contributed by atoms with Crippen LogP contribution in [0.1, 0.15) is 0 Å². The number of nitrogens with two attached hydrogens (primary N) is 1. The molecule has 0 bridgehead atoms. The number of nitrogen functional groups attached to an aromatic ring is 1. The third-order valence-electron chi connectivity index (χ3n) is 1.52. The molecule has 0 radical (unpaired) electrons. The molecule has 82 valence electrons. The molecule has 0 atom stereocenters. The molecule has 0 aliphatic carbocycles. The number of nitrogens with one attached hydrogen (secondary N) is 1. The van der Waals surface area contributed by atoms with Gasteiger partial charge in [0.1, 0.15) is 0 Å². The second-order valence-electron chi connectivity index (χ2n) is 2.93. The molecule has 1 rings (SSSR count). The largest absolute Gasteiger partial charge is 0.368 e. The molecular formula is C7H11ClN6O. The van der Waals surface area contributed by atoms with Crippen LogP contribution in [0.5, 0.6) is 0 Å². The van der Waals surface area contributed by atoms with Crippen LogP contribution in [0.25, 0.3) is 0 Å². The summed E-state index contributed by atoms with van der Waals surface area (Å²) in [6.07, 6.45) is 0. The molecule has 0 saturated heterocycles. The highest BCUT2D eigenvalue weighted by atomic mass is 35.5. The van der Waals surface area contributed by atoms with Crippen LogP contribution in [0, 0.1) is 0 Å². The summed E-state index contributed by atoms with van der Waals surface area (Å²) < 4.78 is 0. The minimum absolute atomic E-state index is 0.00908. The molecule has 1 amide bonds. The van der Waals surface area contributed by atoms with Crippen LogP contribution in [0.2, 0.25) is 5.28 Å². The fourth-order valence-corrected chi connectivity index (χ4v) is 0.924. The van der Waals surface area contributed by atoms with E-state index in [1.165, 1.54) is 4.90 Å². The number of anilines is 2. The topological polar surface area (TPSA) is 97.0 Å². The van der Waals surface area contributed by atoms with E-state index in [0.29, 0.717) is 0 Å². The number of hydrogen-bond acceptors (Lipinski definition) is 6. The van der Waals surface area contributed by atoms with E-state index in [9.17, 15) is 4.79 Å². The van der Waals surface area contributed by atoms with Gasteiger partial charge in [-0.05, 0) is 11.6 Å². The zero-order valence-electron chi connectivity index (χ0n) is 8.36. The van der Waals surface area contributed by atoms with Crippen LogP contribution in [-0.2, 0) is 4.79 Å². The molecule has 1 aromatic heterocycles. The number of carbonyl (C=O) groups is 1. The van der Waals surface area contributed by atoms with E-state index in [0.717, 1.165) is 0 Å². The van der Waals surface area contributed by atoms with Gasteiger partial charge in [0.15, 0.2) is 0 Å². The molecule has 1 heterocycles. The van der Waals surface area contributed by atoms with Crippen molar-refractivity contribution in [3.8, 4) is 0 Å².